The summed E-state index contributed by atoms with van der Waals surface area (Å²) in [6.07, 6.45) is 0. The van der Waals surface area contributed by atoms with Gasteiger partial charge in [0.1, 0.15) is 33.8 Å². The summed E-state index contributed by atoms with van der Waals surface area (Å²) in [5, 5.41) is 4.34. The number of nitrogens with zero attached hydrogens (tertiary/aromatic N) is 1. The first-order valence-electron chi connectivity index (χ1n) is 21.4. The molecule has 1 spiro atoms. The third-order valence-electron chi connectivity index (χ3n) is 14.1. The first kappa shape index (κ1) is 34.0. The third-order valence-corrected chi connectivity index (χ3v) is 14.1. The molecule has 1 aliphatic heterocycles. The molecule has 292 valence electrons. The predicted molar refractivity (Wildman–Crippen MR) is 251 cm³/mol. The second-order valence-corrected chi connectivity index (χ2v) is 17.6. The first-order chi connectivity index (χ1) is 30.5. The minimum Gasteiger partial charge on any atom is -0.457 e. The molecule has 0 saturated heterocycles. The first-order valence-corrected chi connectivity index (χ1v) is 21.4. The molecule has 9 aromatic carbocycles. The quantitative estimate of drug-likeness (QED) is 0.179. The SMILES string of the molecule is CC1(C)c2ccccc2-c2ccc(N(c3ccc4c(c3)oc3ccccc34)c3cccc4oc5cc6c(cc5c34)-c3ccccc3C63c4ccccc4Oc4ccccc43)cc21. The van der Waals surface area contributed by atoms with Gasteiger partial charge in [-0.3, -0.25) is 0 Å². The molecule has 0 bridgehead atoms. The van der Waals surface area contributed by atoms with Crippen molar-refractivity contribution in [3.8, 4) is 33.8 Å². The highest BCUT2D eigenvalue weighted by molar-refractivity contribution is 6.16. The monoisotopic (exact) mass is 795 g/mol. The minimum absolute atomic E-state index is 0.171. The maximum absolute atomic E-state index is 7.03. The van der Waals surface area contributed by atoms with Crippen molar-refractivity contribution in [3.05, 3.63) is 221 Å². The van der Waals surface area contributed by atoms with Gasteiger partial charge in [0.15, 0.2) is 0 Å². The Labute approximate surface area is 357 Å². The number of para-hydroxylation sites is 3. The number of anilines is 3. The van der Waals surface area contributed by atoms with Gasteiger partial charge in [-0.25, -0.2) is 0 Å². The molecule has 62 heavy (non-hydrogen) atoms. The predicted octanol–water partition coefficient (Wildman–Crippen LogP) is 15.7. The Morgan fingerprint density at radius 2 is 0.952 bits per heavy atom. The summed E-state index contributed by atoms with van der Waals surface area (Å²) in [7, 11) is 0. The van der Waals surface area contributed by atoms with Gasteiger partial charge < -0.3 is 18.5 Å². The van der Waals surface area contributed by atoms with E-state index in [-0.39, 0.29) is 5.41 Å². The Morgan fingerprint density at radius 1 is 0.371 bits per heavy atom. The van der Waals surface area contributed by atoms with Crippen LogP contribution in [0, 0.1) is 0 Å². The van der Waals surface area contributed by atoms with Crippen molar-refractivity contribution in [2.45, 2.75) is 24.7 Å². The Balaban J connectivity index is 1.04. The Hall–Kier alpha value is -7.82. The summed E-state index contributed by atoms with van der Waals surface area (Å²) in [5.41, 5.74) is 18.2. The Morgan fingerprint density at radius 3 is 1.76 bits per heavy atom. The lowest BCUT2D eigenvalue weighted by molar-refractivity contribution is 0.436. The molecule has 0 amide bonds. The minimum atomic E-state index is -0.587. The van der Waals surface area contributed by atoms with Gasteiger partial charge in [-0.2, -0.15) is 0 Å². The molecule has 14 rings (SSSR count). The van der Waals surface area contributed by atoms with Crippen molar-refractivity contribution < 1.29 is 13.6 Å². The number of furan rings is 2. The lowest BCUT2D eigenvalue weighted by Crippen LogP contribution is -2.32. The normalized spacial score (nSPS) is 14.7. The fourth-order valence-electron chi connectivity index (χ4n) is 11.4. The largest absolute Gasteiger partial charge is 0.457 e. The van der Waals surface area contributed by atoms with Gasteiger partial charge in [-0.1, -0.05) is 129 Å². The van der Waals surface area contributed by atoms with Crippen LogP contribution in [0.1, 0.15) is 47.2 Å². The van der Waals surface area contributed by atoms with Crippen molar-refractivity contribution in [1.82, 2.24) is 0 Å². The summed E-state index contributed by atoms with van der Waals surface area (Å²) >= 11 is 0. The third kappa shape index (κ3) is 4.26. The van der Waals surface area contributed by atoms with Crippen LogP contribution in [-0.4, -0.2) is 0 Å². The maximum atomic E-state index is 7.03. The van der Waals surface area contributed by atoms with Gasteiger partial charge in [0.2, 0.25) is 0 Å². The van der Waals surface area contributed by atoms with E-state index < -0.39 is 5.41 Å². The Kier molecular flexibility index (Phi) is 6.53. The number of fused-ring (bicyclic) bond motifs is 18. The van der Waals surface area contributed by atoms with Crippen molar-refractivity contribution >= 4 is 60.9 Å². The maximum Gasteiger partial charge on any atom is 0.137 e. The summed E-state index contributed by atoms with van der Waals surface area (Å²) in [6, 6.07) is 67.8. The molecule has 0 saturated carbocycles. The molecule has 0 unspecified atom stereocenters. The molecule has 3 heterocycles. The molecular weight excluding hydrogens is 759 g/mol. The molecule has 0 fully saturated rings. The van der Waals surface area contributed by atoms with Gasteiger partial charge in [-0.05, 0) is 111 Å². The van der Waals surface area contributed by atoms with E-state index in [4.69, 9.17) is 13.6 Å². The van der Waals surface area contributed by atoms with E-state index in [1.165, 1.54) is 44.5 Å². The van der Waals surface area contributed by atoms with Crippen LogP contribution in [0.25, 0.3) is 66.1 Å². The molecular formula is C58H37NO3. The number of rotatable bonds is 3. The summed E-state index contributed by atoms with van der Waals surface area (Å²) in [6.45, 7) is 4.69. The lowest BCUT2D eigenvalue weighted by Gasteiger charge is -2.39. The van der Waals surface area contributed by atoms with Crippen LogP contribution in [0.4, 0.5) is 17.1 Å². The van der Waals surface area contributed by atoms with Gasteiger partial charge in [0, 0.05) is 50.1 Å². The van der Waals surface area contributed by atoms with E-state index in [0.29, 0.717) is 0 Å². The van der Waals surface area contributed by atoms with Crippen molar-refractivity contribution in [3.63, 3.8) is 0 Å². The fraction of sp³-hybridized carbons (Fsp3) is 0.0690. The van der Waals surface area contributed by atoms with Crippen LogP contribution in [-0.2, 0) is 10.8 Å². The summed E-state index contributed by atoms with van der Waals surface area (Å²) < 4.78 is 20.2. The number of benzene rings is 9. The van der Waals surface area contributed by atoms with E-state index in [9.17, 15) is 0 Å². The van der Waals surface area contributed by atoms with Gasteiger partial charge in [0.25, 0.3) is 0 Å². The molecule has 0 radical (unpaired) electrons. The van der Waals surface area contributed by atoms with Crippen molar-refractivity contribution in [2.75, 3.05) is 4.90 Å². The van der Waals surface area contributed by atoms with Gasteiger partial charge in [-0.15, -0.1) is 0 Å². The van der Waals surface area contributed by atoms with E-state index in [0.717, 1.165) is 83.6 Å². The molecule has 0 N–H and O–H groups in total. The van der Waals surface area contributed by atoms with Crippen LogP contribution in [0.2, 0.25) is 0 Å². The van der Waals surface area contributed by atoms with Crippen LogP contribution < -0.4 is 9.64 Å². The average Bonchev–Trinajstić information content (AvgIpc) is 4.02. The second kappa shape index (κ2) is 11.9. The van der Waals surface area contributed by atoms with Crippen LogP contribution >= 0.6 is 0 Å². The molecule has 4 nitrogen and oxygen atoms in total. The molecule has 2 aromatic heterocycles. The zero-order valence-electron chi connectivity index (χ0n) is 34.1. The Bertz CT molecular complexity index is 3690. The number of ether oxygens (including phenoxy) is 1. The smallest absolute Gasteiger partial charge is 0.137 e. The molecule has 11 aromatic rings. The number of hydrogen-bond donors (Lipinski definition) is 0. The van der Waals surface area contributed by atoms with Gasteiger partial charge in [0.05, 0.1) is 16.5 Å². The highest BCUT2D eigenvalue weighted by Crippen LogP contribution is 2.63. The van der Waals surface area contributed by atoms with Crippen LogP contribution in [0.5, 0.6) is 11.5 Å². The molecule has 2 aliphatic carbocycles. The molecule has 4 heteroatoms. The topological polar surface area (TPSA) is 38.8 Å². The van der Waals surface area contributed by atoms with E-state index >= 15 is 0 Å². The van der Waals surface area contributed by atoms with Crippen molar-refractivity contribution in [2.24, 2.45) is 0 Å². The van der Waals surface area contributed by atoms with E-state index in [1.807, 2.05) is 12.1 Å². The highest BCUT2D eigenvalue weighted by atomic mass is 16.5. The lowest BCUT2D eigenvalue weighted by atomic mass is 9.66. The van der Waals surface area contributed by atoms with Crippen LogP contribution in [0.15, 0.2) is 197 Å². The van der Waals surface area contributed by atoms with Gasteiger partial charge >= 0.3 is 0 Å². The highest BCUT2D eigenvalue weighted by Gasteiger charge is 2.51. The second-order valence-electron chi connectivity index (χ2n) is 17.6. The fourth-order valence-corrected chi connectivity index (χ4v) is 11.4. The standard InChI is InChI=1S/C58H37NO3/c1-57(2)43-17-6-3-14-36(43)38-28-26-34(30-47(38)57)59(35-27-29-40-39-16-5-10-22-50(39)60-54(40)31-35)49-21-13-25-53-56(49)42-32-41-37-15-4-7-18-44(37)58(48(41)33-55(42)62-53)45-19-8-11-23-51(45)61-52-24-12-9-20-46(52)58/h3-33H,1-2H3. The average molecular weight is 796 g/mol. The summed E-state index contributed by atoms with van der Waals surface area (Å²) in [5.74, 6) is 1.75. The van der Waals surface area contributed by atoms with Crippen LogP contribution in [0.3, 0.4) is 0 Å². The zero-order valence-corrected chi connectivity index (χ0v) is 34.1. The number of hydrogen-bond acceptors (Lipinski definition) is 4. The van der Waals surface area contributed by atoms with Crippen molar-refractivity contribution in [1.29, 1.82) is 0 Å². The molecule has 3 aliphatic rings. The summed E-state index contributed by atoms with van der Waals surface area (Å²) in [4.78, 5) is 2.40. The molecule has 0 atom stereocenters. The van der Waals surface area contributed by atoms with E-state index in [1.54, 1.807) is 0 Å². The zero-order chi connectivity index (χ0) is 40.9. The van der Waals surface area contributed by atoms with E-state index in [2.05, 4.69) is 195 Å².